The Morgan fingerprint density at radius 1 is 1.28 bits per heavy atom. The third kappa shape index (κ3) is 1.95. The second-order valence-electron chi connectivity index (χ2n) is 4.79. The quantitative estimate of drug-likeness (QED) is 0.895. The minimum Gasteiger partial charge on any atom is -0.319 e. The molecule has 0 saturated carbocycles. The van der Waals surface area contributed by atoms with Crippen molar-refractivity contribution in [1.82, 2.24) is 9.88 Å². The lowest BCUT2D eigenvalue weighted by Crippen LogP contribution is -2.26. The van der Waals surface area contributed by atoms with Crippen molar-refractivity contribution in [3.05, 3.63) is 45.2 Å². The van der Waals surface area contributed by atoms with Crippen LogP contribution in [-0.2, 0) is 13.5 Å². The van der Waals surface area contributed by atoms with Crippen LogP contribution in [0.15, 0.2) is 23.0 Å². The SMILES string of the molecule is CNCCc1c(C)c2cccc(C)c2n(C)c1=O. The van der Waals surface area contributed by atoms with Gasteiger partial charge in [0, 0.05) is 18.0 Å². The second kappa shape index (κ2) is 4.94. The number of aryl methyl sites for hydroxylation is 3. The lowest BCUT2D eigenvalue weighted by Gasteiger charge is -2.14. The fraction of sp³-hybridized carbons (Fsp3) is 0.400. The van der Waals surface area contributed by atoms with Gasteiger partial charge in [0.15, 0.2) is 0 Å². The number of benzene rings is 1. The van der Waals surface area contributed by atoms with Crippen molar-refractivity contribution >= 4 is 10.9 Å². The highest BCUT2D eigenvalue weighted by molar-refractivity contribution is 5.86. The molecule has 0 radical (unpaired) electrons. The Morgan fingerprint density at radius 2 is 2.00 bits per heavy atom. The molecule has 0 fully saturated rings. The predicted octanol–water partition coefficient (Wildman–Crippen LogP) is 1.92. The van der Waals surface area contributed by atoms with E-state index in [-0.39, 0.29) is 5.56 Å². The summed E-state index contributed by atoms with van der Waals surface area (Å²) >= 11 is 0. The van der Waals surface area contributed by atoms with E-state index >= 15 is 0 Å². The van der Waals surface area contributed by atoms with E-state index in [1.807, 2.05) is 21.0 Å². The number of nitrogens with zero attached hydrogens (tertiary/aromatic N) is 1. The van der Waals surface area contributed by atoms with E-state index in [0.29, 0.717) is 0 Å². The van der Waals surface area contributed by atoms with Crippen molar-refractivity contribution in [2.75, 3.05) is 13.6 Å². The number of fused-ring (bicyclic) bond motifs is 1. The third-order valence-corrected chi connectivity index (χ3v) is 3.62. The zero-order chi connectivity index (χ0) is 13.3. The highest BCUT2D eigenvalue weighted by Gasteiger charge is 2.12. The predicted molar refractivity (Wildman–Crippen MR) is 76.3 cm³/mol. The van der Waals surface area contributed by atoms with Gasteiger partial charge in [0.25, 0.3) is 5.56 Å². The third-order valence-electron chi connectivity index (χ3n) is 3.62. The number of nitrogens with one attached hydrogen (secondary N) is 1. The summed E-state index contributed by atoms with van der Waals surface area (Å²) in [6.45, 7) is 4.93. The van der Waals surface area contributed by atoms with Gasteiger partial charge < -0.3 is 9.88 Å². The first-order valence-corrected chi connectivity index (χ1v) is 6.30. The topological polar surface area (TPSA) is 34.0 Å². The molecule has 0 spiro atoms. The van der Waals surface area contributed by atoms with Gasteiger partial charge in [0.05, 0.1) is 5.52 Å². The van der Waals surface area contributed by atoms with Crippen LogP contribution >= 0.6 is 0 Å². The molecule has 0 bridgehead atoms. The van der Waals surface area contributed by atoms with Crippen molar-refractivity contribution in [1.29, 1.82) is 0 Å². The van der Waals surface area contributed by atoms with Crippen LogP contribution in [0, 0.1) is 13.8 Å². The van der Waals surface area contributed by atoms with E-state index in [1.165, 1.54) is 5.39 Å². The van der Waals surface area contributed by atoms with Crippen molar-refractivity contribution in [2.24, 2.45) is 7.05 Å². The van der Waals surface area contributed by atoms with Crippen LogP contribution in [0.2, 0.25) is 0 Å². The summed E-state index contributed by atoms with van der Waals surface area (Å²) in [5.41, 5.74) is 4.37. The summed E-state index contributed by atoms with van der Waals surface area (Å²) in [7, 11) is 3.77. The molecule has 1 aromatic heterocycles. The first-order valence-electron chi connectivity index (χ1n) is 6.30. The molecular weight excluding hydrogens is 224 g/mol. The zero-order valence-electron chi connectivity index (χ0n) is 11.5. The average molecular weight is 244 g/mol. The molecular formula is C15H20N2O. The van der Waals surface area contributed by atoms with E-state index in [0.717, 1.165) is 35.2 Å². The largest absolute Gasteiger partial charge is 0.319 e. The van der Waals surface area contributed by atoms with Crippen LogP contribution < -0.4 is 10.9 Å². The monoisotopic (exact) mass is 244 g/mol. The molecule has 0 unspecified atom stereocenters. The summed E-state index contributed by atoms with van der Waals surface area (Å²) in [4.78, 5) is 12.4. The van der Waals surface area contributed by atoms with Gasteiger partial charge in [-0.05, 0) is 45.0 Å². The summed E-state index contributed by atoms with van der Waals surface area (Å²) in [6, 6.07) is 6.20. The molecule has 3 nitrogen and oxygen atoms in total. The summed E-state index contributed by atoms with van der Waals surface area (Å²) in [6.07, 6.45) is 0.777. The minimum absolute atomic E-state index is 0.129. The van der Waals surface area contributed by atoms with Gasteiger partial charge in [0.2, 0.25) is 0 Å². The smallest absolute Gasteiger partial charge is 0.254 e. The van der Waals surface area contributed by atoms with Gasteiger partial charge in [-0.3, -0.25) is 4.79 Å². The van der Waals surface area contributed by atoms with Crippen LogP contribution in [0.5, 0.6) is 0 Å². The second-order valence-corrected chi connectivity index (χ2v) is 4.79. The van der Waals surface area contributed by atoms with Gasteiger partial charge in [0.1, 0.15) is 0 Å². The fourth-order valence-electron chi connectivity index (χ4n) is 2.58. The molecule has 0 aliphatic heterocycles. The Bertz CT molecular complexity index is 641. The van der Waals surface area contributed by atoms with Gasteiger partial charge in [-0.15, -0.1) is 0 Å². The molecule has 0 aliphatic rings. The number of aromatic nitrogens is 1. The summed E-state index contributed by atoms with van der Waals surface area (Å²) < 4.78 is 1.78. The lowest BCUT2D eigenvalue weighted by molar-refractivity contribution is 0.768. The molecule has 1 aromatic carbocycles. The maximum Gasteiger partial charge on any atom is 0.254 e. The van der Waals surface area contributed by atoms with Gasteiger partial charge in [-0.2, -0.15) is 0 Å². The molecule has 96 valence electrons. The Labute approximate surface area is 107 Å². The van der Waals surface area contributed by atoms with Gasteiger partial charge in [-0.1, -0.05) is 18.2 Å². The van der Waals surface area contributed by atoms with Crippen LogP contribution in [0.1, 0.15) is 16.7 Å². The van der Waals surface area contributed by atoms with Crippen molar-refractivity contribution in [3.63, 3.8) is 0 Å². The Hall–Kier alpha value is -1.61. The van der Waals surface area contributed by atoms with Crippen molar-refractivity contribution in [2.45, 2.75) is 20.3 Å². The maximum absolute atomic E-state index is 12.4. The molecule has 2 rings (SSSR count). The van der Waals surface area contributed by atoms with E-state index < -0.39 is 0 Å². The molecule has 0 aliphatic carbocycles. The first-order chi connectivity index (χ1) is 8.57. The summed E-state index contributed by atoms with van der Waals surface area (Å²) in [5.74, 6) is 0. The lowest BCUT2D eigenvalue weighted by atomic mass is 10.00. The number of para-hydroxylation sites is 1. The van der Waals surface area contributed by atoms with Crippen LogP contribution in [0.25, 0.3) is 10.9 Å². The molecule has 1 N–H and O–H groups in total. The Kier molecular flexibility index (Phi) is 3.53. The number of rotatable bonds is 3. The van der Waals surface area contributed by atoms with Crippen LogP contribution in [0.3, 0.4) is 0 Å². The van der Waals surface area contributed by atoms with E-state index in [2.05, 4.69) is 30.4 Å². The average Bonchev–Trinajstić information content (AvgIpc) is 2.36. The number of likely N-dealkylation sites (N-methyl/N-ethyl adjacent to an activating group) is 1. The Morgan fingerprint density at radius 3 is 2.67 bits per heavy atom. The van der Waals surface area contributed by atoms with E-state index in [1.54, 1.807) is 4.57 Å². The van der Waals surface area contributed by atoms with Gasteiger partial charge >= 0.3 is 0 Å². The zero-order valence-corrected chi connectivity index (χ0v) is 11.5. The molecule has 1 heterocycles. The molecule has 2 aromatic rings. The highest BCUT2D eigenvalue weighted by Crippen LogP contribution is 2.21. The van der Waals surface area contributed by atoms with Gasteiger partial charge in [-0.25, -0.2) is 0 Å². The number of hydrogen-bond donors (Lipinski definition) is 1. The Balaban J connectivity index is 2.80. The van der Waals surface area contributed by atoms with E-state index in [9.17, 15) is 4.79 Å². The highest BCUT2D eigenvalue weighted by atomic mass is 16.1. The fourth-order valence-corrected chi connectivity index (χ4v) is 2.58. The number of hydrogen-bond acceptors (Lipinski definition) is 2. The van der Waals surface area contributed by atoms with E-state index in [4.69, 9.17) is 0 Å². The minimum atomic E-state index is 0.129. The molecule has 0 saturated heterocycles. The standard InChI is InChI=1S/C15H20N2O/c1-10-6-5-7-12-11(2)13(8-9-16-3)15(18)17(4)14(10)12/h5-7,16H,8-9H2,1-4H3. The van der Waals surface area contributed by atoms with Crippen LogP contribution in [0.4, 0.5) is 0 Å². The van der Waals surface area contributed by atoms with Crippen molar-refractivity contribution < 1.29 is 0 Å². The molecule has 18 heavy (non-hydrogen) atoms. The maximum atomic E-state index is 12.4. The van der Waals surface area contributed by atoms with Crippen molar-refractivity contribution in [3.8, 4) is 0 Å². The summed E-state index contributed by atoms with van der Waals surface area (Å²) in [5, 5.41) is 4.28. The van der Waals surface area contributed by atoms with Crippen LogP contribution in [-0.4, -0.2) is 18.2 Å². The molecule has 3 heteroatoms. The normalized spacial score (nSPS) is 11.1. The number of pyridine rings is 1. The molecule has 0 amide bonds. The molecule has 0 atom stereocenters. The first kappa shape index (κ1) is 12.8.